The number of benzene rings is 2. The van der Waals surface area contributed by atoms with Crippen LogP contribution >= 0.6 is 35.6 Å². The molecule has 2 saturated heterocycles. The fourth-order valence-corrected chi connectivity index (χ4v) is 5.27. The average Bonchev–Trinajstić information content (AvgIpc) is 3.57. The van der Waals surface area contributed by atoms with Gasteiger partial charge in [-0.05, 0) is 83.1 Å². The second-order valence-corrected chi connectivity index (χ2v) is 10.0. The molecule has 0 saturated carbocycles. The van der Waals surface area contributed by atoms with Crippen molar-refractivity contribution in [2.24, 2.45) is 0 Å². The molecule has 0 aliphatic carbocycles. The number of carbonyl (C=O) groups is 2. The number of aromatic hydroxyl groups is 1. The van der Waals surface area contributed by atoms with E-state index >= 15 is 0 Å². The summed E-state index contributed by atoms with van der Waals surface area (Å²) in [6.45, 7) is 6.75. The van der Waals surface area contributed by atoms with Gasteiger partial charge in [0.1, 0.15) is 16.5 Å². The van der Waals surface area contributed by atoms with Crippen LogP contribution in [0.3, 0.4) is 0 Å². The predicted molar refractivity (Wildman–Crippen MR) is 146 cm³/mol. The maximum absolute atomic E-state index is 13.6. The highest BCUT2D eigenvalue weighted by molar-refractivity contribution is 6.45. The van der Waals surface area contributed by atoms with E-state index in [0.717, 1.165) is 63.0 Å². The van der Waals surface area contributed by atoms with E-state index in [4.69, 9.17) is 32.7 Å². The number of rotatable bonds is 10. The Hall–Kier alpha value is -2.03. The van der Waals surface area contributed by atoms with Crippen LogP contribution in [0.5, 0.6) is 11.5 Å². The smallest absolute Gasteiger partial charge is 0.344 e. The van der Waals surface area contributed by atoms with E-state index in [1.165, 1.54) is 6.07 Å². The summed E-state index contributed by atoms with van der Waals surface area (Å²) in [5.41, 5.74) is 2.17. The van der Waals surface area contributed by atoms with Gasteiger partial charge in [0.05, 0.1) is 11.6 Å². The van der Waals surface area contributed by atoms with Gasteiger partial charge in [-0.2, -0.15) is 0 Å². The standard InChI is InChI=1S/C27H32Cl2N2O5.ClH/c1-2-35-23(32)17-36-22-8-7-21(24(28)25(22)29)27(34)18-13-19(15-30-9-3-4-10-30)26(33)20(14-18)16-31-11-5-6-12-31;/h7-8,13-14,33H,2-6,9-12,15-17H2,1H3;1H. The number of phenolic OH excluding ortho intramolecular Hbond substituents is 1. The van der Waals surface area contributed by atoms with E-state index in [9.17, 15) is 14.7 Å². The molecule has 0 bridgehead atoms. The summed E-state index contributed by atoms with van der Waals surface area (Å²) in [6, 6.07) is 6.60. The molecule has 2 aromatic rings. The fourth-order valence-electron chi connectivity index (χ4n) is 4.81. The van der Waals surface area contributed by atoms with Crippen LogP contribution in [0.25, 0.3) is 0 Å². The minimum absolute atomic E-state index is 0. The Morgan fingerprint density at radius 2 is 1.46 bits per heavy atom. The van der Waals surface area contributed by atoms with Gasteiger partial charge in [0, 0.05) is 35.3 Å². The Kier molecular flexibility index (Phi) is 10.9. The third-order valence-electron chi connectivity index (χ3n) is 6.66. The Morgan fingerprint density at radius 3 is 1.97 bits per heavy atom. The summed E-state index contributed by atoms with van der Waals surface area (Å²) in [4.78, 5) is 29.8. The molecule has 10 heteroatoms. The molecule has 0 aromatic heterocycles. The van der Waals surface area contributed by atoms with Crippen LogP contribution in [0.4, 0.5) is 0 Å². The summed E-state index contributed by atoms with van der Waals surface area (Å²) in [5, 5.41) is 11.2. The third kappa shape index (κ3) is 7.30. The summed E-state index contributed by atoms with van der Waals surface area (Å²) in [5.74, 6) is -0.354. The van der Waals surface area contributed by atoms with Crippen LogP contribution in [0.2, 0.25) is 10.0 Å². The summed E-state index contributed by atoms with van der Waals surface area (Å²) in [6.07, 6.45) is 4.55. The summed E-state index contributed by atoms with van der Waals surface area (Å²) >= 11 is 12.9. The van der Waals surface area contributed by atoms with Crippen LogP contribution in [-0.4, -0.2) is 66.1 Å². The van der Waals surface area contributed by atoms with Gasteiger partial charge in [-0.15, -0.1) is 12.4 Å². The molecule has 2 fully saturated rings. The van der Waals surface area contributed by atoms with Crippen molar-refractivity contribution in [3.8, 4) is 11.5 Å². The van der Waals surface area contributed by atoms with Gasteiger partial charge in [0.2, 0.25) is 0 Å². The van der Waals surface area contributed by atoms with Crippen LogP contribution in [0.15, 0.2) is 24.3 Å². The number of carbonyl (C=O) groups excluding carboxylic acids is 2. The molecule has 0 atom stereocenters. The van der Waals surface area contributed by atoms with Crippen LogP contribution < -0.4 is 4.74 Å². The topological polar surface area (TPSA) is 79.3 Å². The molecule has 0 radical (unpaired) electrons. The van der Waals surface area contributed by atoms with Crippen molar-refractivity contribution >= 4 is 47.4 Å². The molecule has 202 valence electrons. The Balaban J connectivity index is 0.00000380. The number of phenols is 1. The van der Waals surface area contributed by atoms with E-state index in [1.54, 1.807) is 25.1 Å². The van der Waals surface area contributed by atoms with E-state index in [-0.39, 0.29) is 58.5 Å². The van der Waals surface area contributed by atoms with Gasteiger partial charge in [-0.3, -0.25) is 14.6 Å². The lowest BCUT2D eigenvalue weighted by Crippen LogP contribution is -2.21. The first-order valence-electron chi connectivity index (χ1n) is 12.5. The molecule has 2 aliphatic heterocycles. The first-order chi connectivity index (χ1) is 17.4. The molecule has 1 N–H and O–H groups in total. The summed E-state index contributed by atoms with van der Waals surface area (Å²) in [7, 11) is 0. The number of ketones is 1. The molecule has 7 nitrogen and oxygen atoms in total. The van der Waals surface area contributed by atoms with Crippen molar-refractivity contribution in [3.05, 3.63) is 56.6 Å². The lowest BCUT2D eigenvalue weighted by molar-refractivity contribution is -0.145. The van der Waals surface area contributed by atoms with Gasteiger partial charge >= 0.3 is 5.97 Å². The van der Waals surface area contributed by atoms with Crippen LogP contribution in [-0.2, 0) is 22.6 Å². The molecule has 2 aliphatic rings. The number of hydrogen-bond acceptors (Lipinski definition) is 7. The number of halogens is 3. The van der Waals surface area contributed by atoms with Crippen molar-refractivity contribution in [2.45, 2.75) is 45.7 Å². The first-order valence-corrected chi connectivity index (χ1v) is 13.2. The molecular formula is C27H33Cl3N2O5. The second-order valence-electron chi connectivity index (χ2n) is 9.27. The van der Waals surface area contributed by atoms with E-state index in [2.05, 4.69) is 9.80 Å². The Labute approximate surface area is 234 Å². The zero-order valence-electron chi connectivity index (χ0n) is 20.9. The number of ether oxygens (including phenoxy) is 2. The molecular weight excluding hydrogens is 539 g/mol. The lowest BCUT2D eigenvalue weighted by atomic mass is 9.96. The van der Waals surface area contributed by atoms with E-state index in [1.807, 2.05) is 0 Å². The number of nitrogens with zero attached hydrogens (tertiary/aromatic N) is 2. The molecule has 0 spiro atoms. The molecule has 37 heavy (non-hydrogen) atoms. The third-order valence-corrected chi connectivity index (χ3v) is 7.52. The van der Waals surface area contributed by atoms with Crippen molar-refractivity contribution in [1.29, 1.82) is 0 Å². The maximum Gasteiger partial charge on any atom is 0.344 e. The molecule has 4 rings (SSSR count). The highest BCUT2D eigenvalue weighted by Crippen LogP contribution is 2.37. The highest BCUT2D eigenvalue weighted by atomic mass is 35.5. The molecule has 2 heterocycles. The first kappa shape index (κ1) is 29.5. The molecule has 0 unspecified atom stereocenters. The molecule has 2 aromatic carbocycles. The average molecular weight is 572 g/mol. The lowest BCUT2D eigenvalue weighted by Gasteiger charge is -2.21. The minimum atomic E-state index is -0.523. The van der Waals surface area contributed by atoms with Gasteiger partial charge in [-0.1, -0.05) is 23.2 Å². The number of likely N-dealkylation sites (tertiary alicyclic amines) is 2. The Bertz CT molecular complexity index is 1080. The number of hydrogen-bond donors (Lipinski definition) is 1. The second kappa shape index (κ2) is 13.7. The van der Waals surface area contributed by atoms with Gasteiger partial charge in [0.15, 0.2) is 12.4 Å². The van der Waals surface area contributed by atoms with E-state index in [0.29, 0.717) is 18.7 Å². The largest absolute Gasteiger partial charge is 0.507 e. The van der Waals surface area contributed by atoms with Crippen molar-refractivity contribution in [1.82, 2.24) is 9.80 Å². The fraction of sp³-hybridized carbons (Fsp3) is 0.481. The minimum Gasteiger partial charge on any atom is -0.507 e. The highest BCUT2D eigenvalue weighted by Gasteiger charge is 2.24. The zero-order chi connectivity index (χ0) is 25.7. The quantitative estimate of drug-likeness (QED) is 0.299. The van der Waals surface area contributed by atoms with Crippen molar-refractivity contribution in [2.75, 3.05) is 39.4 Å². The van der Waals surface area contributed by atoms with Crippen LogP contribution in [0.1, 0.15) is 59.7 Å². The SMILES string of the molecule is CCOC(=O)COc1ccc(C(=O)c2cc(CN3CCCC3)c(O)c(CN3CCCC3)c2)c(Cl)c1Cl.Cl. The molecule has 0 amide bonds. The normalized spacial score (nSPS) is 16.0. The van der Waals surface area contributed by atoms with Crippen molar-refractivity contribution < 1.29 is 24.2 Å². The monoisotopic (exact) mass is 570 g/mol. The number of esters is 1. The zero-order valence-corrected chi connectivity index (χ0v) is 23.3. The Morgan fingerprint density at radius 1 is 0.919 bits per heavy atom. The van der Waals surface area contributed by atoms with Crippen LogP contribution in [0, 0.1) is 0 Å². The maximum atomic E-state index is 13.6. The predicted octanol–water partition coefficient (Wildman–Crippen LogP) is 5.49. The van der Waals surface area contributed by atoms with Gasteiger partial charge in [-0.25, -0.2) is 4.79 Å². The van der Waals surface area contributed by atoms with E-state index < -0.39 is 5.97 Å². The van der Waals surface area contributed by atoms with Gasteiger partial charge in [0.25, 0.3) is 0 Å². The van der Waals surface area contributed by atoms with Gasteiger partial charge < -0.3 is 14.6 Å². The summed E-state index contributed by atoms with van der Waals surface area (Å²) < 4.78 is 10.3. The van der Waals surface area contributed by atoms with Crippen molar-refractivity contribution in [3.63, 3.8) is 0 Å².